The summed E-state index contributed by atoms with van der Waals surface area (Å²) in [6, 6.07) is 13.6. The Kier molecular flexibility index (Phi) is 3.92. The van der Waals surface area contributed by atoms with Gasteiger partial charge in [0.25, 0.3) is 0 Å². The molecule has 2 aromatic rings. The van der Waals surface area contributed by atoms with Gasteiger partial charge in [0, 0.05) is 10.7 Å². The maximum Gasteiger partial charge on any atom is 0.233 e. The Bertz CT molecular complexity index is 681. The van der Waals surface area contributed by atoms with E-state index in [2.05, 4.69) is 0 Å². The maximum atomic E-state index is 13.1. The Hall–Kier alpha value is -1.87. The fraction of sp³-hybridized carbons (Fsp3) is 0.278. The Balaban J connectivity index is 1.99. The van der Waals surface area contributed by atoms with Crippen LogP contribution in [0, 0.1) is 17.7 Å². The quantitative estimate of drug-likeness (QED) is 0.742. The second-order valence-electron chi connectivity index (χ2n) is 5.95. The average molecular weight is 318 g/mol. The molecule has 3 rings (SSSR count). The second-order valence-corrected chi connectivity index (χ2v) is 6.39. The summed E-state index contributed by atoms with van der Waals surface area (Å²) in [7, 11) is 0. The van der Waals surface area contributed by atoms with Gasteiger partial charge in [0.15, 0.2) is 0 Å². The predicted molar refractivity (Wildman–Crippen MR) is 86.4 cm³/mol. The van der Waals surface area contributed by atoms with E-state index in [1.54, 1.807) is 17.0 Å². The summed E-state index contributed by atoms with van der Waals surface area (Å²) in [5.74, 6) is -0.0437. The lowest BCUT2D eigenvalue weighted by Gasteiger charge is -2.49. The molecule has 2 aromatic carbocycles. The molecule has 0 bridgehead atoms. The summed E-state index contributed by atoms with van der Waals surface area (Å²) in [4.78, 5) is 14.3. The number of nitrogens with zero attached hydrogens (tertiary/aromatic N) is 1. The Morgan fingerprint density at radius 3 is 2.18 bits per heavy atom. The summed E-state index contributed by atoms with van der Waals surface area (Å²) in [5, 5.41) is 0.670. The van der Waals surface area contributed by atoms with Crippen LogP contribution in [0.25, 0.3) is 0 Å². The number of amides is 1. The lowest BCUT2D eigenvalue weighted by Crippen LogP contribution is -2.57. The van der Waals surface area contributed by atoms with E-state index in [9.17, 15) is 9.18 Å². The van der Waals surface area contributed by atoms with Gasteiger partial charge in [-0.2, -0.15) is 0 Å². The number of anilines is 1. The first-order valence-electron chi connectivity index (χ1n) is 7.33. The molecule has 0 spiro atoms. The number of β-lactam (4-membered cyclic amide) rings is 1. The maximum absolute atomic E-state index is 13.1. The largest absolute Gasteiger partial charge is 0.304 e. The lowest BCUT2D eigenvalue weighted by atomic mass is 9.75. The van der Waals surface area contributed by atoms with Crippen molar-refractivity contribution in [3.8, 4) is 0 Å². The molecule has 0 unspecified atom stereocenters. The molecule has 0 N–H and O–H groups in total. The molecule has 1 aliphatic rings. The topological polar surface area (TPSA) is 20.3 Å². The Morgan fingerprint density at radius 2 is 1.64 bits per heavy atom. The Morgan fingerprint density at radius 1 is 1.05 bits per heavy atom. The molecular weight excluding hydrogens is 301 g/mol. The molecule has 1 aliphatic heterocycles. The van der Waals surface area contributed by atoms with Crippen LogP contribution in [-0.4, -0.2) is 5.91 Å². The van der Waals surface area contributed by atoms with Crippen LogP contribution in [0.4, 0.5) is 10.1 Å². The van der Waals surface area contributed by atoms with Crippen LogP contribution in [-0.2, 0) is 4.79 Å². The van der Waals surface area contributed by atoms with Crippen LogP contribution in [0.2, 0.25) is 5.02 Å². The van der Waals surface area contributed by atoms with E-state index in [1.807, 2.05) is 38.1 Å². The van der Waals surface area contributed by atoms with Crippen molar-refractivity contribution in [1.82, 2.24) is 0 Å². The number of hydrogen-bond acceptors (Lipinski definition) is 1. The van der Waals surface area contributed by atoms with Crippen molar-refractivity contribution in [1.29, 1.82) is 0 Å². The normalized spacial score (nSPS) is 21.1. The predicted octanol–water partition coefficient (Wildman–Crippen LogP) is 4.84. The van der Waals surface area contributed by atoms with Gasteiger partial charge in [-0.1, -0.05) is 37.6 Å². The zero-order chi connectivity index (χ0) is 15.9. The first-order valence-corrected chi connectivity index (χ1v) is 7.71. The standard InChI is InChI=1S/C18H17ClFNO/c1-11(2)16-17(12-3-5-13(19)6-4-12)21(18(16)22)15-9-7-14(20)8-10-15/h3-11,16-17H,1-2H3/t16-,17-/m0/s1. The zero-order valence-corrected chi connectivity index (χ0v) is 13.2. The fourth-order valence-electron chi connectivity index (χ4n) is 3.07. The first kappa shape index (κ1) is 15.0. The molecule has 1 fully saturated rings. The highest BCUT2D eigenvalue weighted by Crippen LogP contribution is 2.46. The van der Waals surface area contributed by atoms with Gasteiger partial charge < -0.3 is 4.90 Å². The van der Waals surface area contributed by atoms with Gasteiger partial charge in [0.1, 0.15) is 5.82 Å². The third-order valence-electron chi connectivity index (χ3n) is 4.18. The van der Waals surface area contributed by atoms with E-state index < -0.39 is 0 Å². The molecule has 2 nitrogen and oxygen atoms in total. The van der Waals surface area contributed by atoms with Gasteiger partial charge in [-0.3, -0.25) is 4.79 Å². The number of halogens is 2. The van der Waals surface area contributed by atoms with E-state index >= 15 is 0 Å². The van der Waals surface area contributed by atoms with E-state index in [0.29, 0.717) is 5.02 Å². The molecule has 1 saturated heterocycles. The number of carbonyl (C=O) groups excluding carboxylic acids is 1. The number of carbonyl (C=O) groups is 1. The van der Waals surface area contributed by atoms with Crippen molar-refractivity contribution in [2.75, 3.05) is 4.90 Å². The van der Waals surface area contributed by atoms with Crippen LogP contribution in [0.3, 0.4) is 0 Å². The molecule has 1 heterocycles. The van der Waals surface area contributed by atoms with Crippen molar-refractivity contribution >= 4 is 23.2 Å². The van der Waals surface area contributed by atoms with Crippen molar-refractivity contribution < 1.29 is 9.18 Å². The highest BCUT2D eigenvalue weighted by atomic mass is 35.5. The average Bonchev–Trinajstić information content (AvgIpc) is 2.48. The van der Waals surface area contributed by atoms with Crippen LogP contribution in [0.15, 0.2) is 48.5 Å². The highest BCUT2D eigenvalue weighted by molar-refractivity contribution is 6.30. The summed E-state index contributed by atoms with van der Waals surface area (Å²) in [5.41, 5.74) is 1.77. The molecule has 1 amide bonds. The van der Waals surface area contributed by atoms with Crippen molar-refractivity contribution in [2.24, 2.45) is 11.8 Å². The van der Waals surface area contributed by atoms with Crippen LogP contribution in [0.1, 0.15) is 25.5 Å². The van der Waals surface area contributed by atoms with Crippen molar-refractivity contribution in [2.45, 2.75) is 19.9 Å². The monoisotopic (exact) mass is 317 g/mol. The zero-order valence-electron chi connectivity index (χ0n) is 12.5. The third kappa shape index (κ3) is 2.50. The third-order valence-corrected chi connectivity index (χ3v) is 4.43. The fourth-order valence-corrected chi connectivity index (χ4v) is 3.19. The van der Waals surface area contributed by atoms with Gasteiger partial charge in [-0.25, -0.2) is 4.39 Å². The van der Waals surface area contributed by atoms with Crippen LogP contribution < -0.4 is 4.90 Å². The summed E-state index contributed by atoms with van der Waals surface area (Å²) in [6.45, 7) is 4.10. The van der Waals surface area contributed by atoms with E-state index in [0.717, 1.165) is 11.3 Å². The Labute approximate surface area is 134 Å². The van der Waals surface area contributed by atoms with Gasteiger partial charge in [0.2, 0.25) is 5.91 Å². The summed E-state index contributed by atoms with van der Waals surface area (Å²) >= 11 is 5.95. The number of benzene rings is 2. The number of rotatable bonds is 3. The lowest BCUT2D eigenvalue weighted by molar-refractivity contribution is -0.132. The van der Waals surface area contributed by atoms with E-state index in [1.165, 1.54) is 12.1 Å². The minimum Gasteiger partial charge on any atom is -0.304 e. The molecule has 0 saturated carbocycles. The molecule has 114 valence electrons. The first-order chi connectivity index (χ1) is 10.5. The van der Waals surface area contributed by atoms with Gasteiger partial charge in [-0.15, -0.1) is 0 Å². The number of hydrogen-bond donors (Lipinski definition) is 0. The van der Waals surface area contributed by atoms with Crippen LogP contribution in [0.5, 0.6) is 0 Å². The summed E-state index contributed by atoms with van der Waals surface area (Å²) in [6.07, 6.45) is 0. The minimum atomic E-state index is -0.305. The SMILES string of the molecule is CC(C)[C@@H]1C(=O)N(c2ccc(F)cc2)[C@H]1c1ccc(Cl)cc1. The second kappa shape index (κ2) is 5.73. The van der Waals surface area contributed by atoms with Crippen LogP contribution >= 0.6 is 11.6 Å². The smallest absolute Gasteiger partial charge is 0.233 e. The van der Waals surface area contributed by atoms with Gasteiger partial charge >= 0.3 is 0 Å². The molecule has 0 aliphatic carbocycles. The van der Waals surface area contributed by atoms with E-state index in [4.69, 9.17) is 11.6 Å². The molecule has 0 radical (unpaired) electrons. The molecule has 0 aromatic heterocycles. The van der Waals surface area contributed by atoms with Crippen molar-refractivity contribution in [3.05, 3.63) is 64.9 Å². The van der Waals surface area contributed by atoms with Gasteiger partial charge in [0.05, 0.1) is 12.0 Å². The highest BCUT2D eigenvalue weighted by Gasteiger charge is 2.49. The van der Waals surface area contributed by atoms with Gasteiger partial charge in [-0.05, 0) is 47.9 Å². The molecule has 4 heteroatoms. The molecule has 2 atom stereocenters. The van der Waals surface area contributed by atoms with Crippen molar-refractivity contribution in [3.63, 3.8) is 0 Å². The van der Waals surface area contributed by atoms with E-state index in [-0.39, 0.29) is 29.6 Å². The molecular formula is C18H17ClFNO. The molecule has 22 heavy (non-hydrogen) atoms. The summed E-state index contributed by atoms with van der Waals surface area (Å²) < 4.78 is 13.1. The minimum absolute atomic E-state index is 0.0322.